The number of rotatable bonds is 5. The molecule has 0 saturated heterocycles. The number of nitrogens with one attached hydrogen (secondary N) is 1. The van der Waals surface area contributed by atoms with Crippen LogP contribution in [0.4, 0.5) is 0 Å². The molecule has 0 aliphatic rings. The highest BCUT2D eigenvalue weighted by Crippen LogP contribution is 2.14. The lowest BCUT2D eigenvalue weighted by Gasteiger charge is -2.07. The second-order valence-corrected chi connectivity index (χ2v) is 4.35. The molecule has 0 aliphatic heterocycles. The van der Waals surface area contributed by atoms with Crippen LogP contribution in [0.1, 0.15) is 23.7 Å². The fourth-order valence-electron chi connectivity index (χ4n) is 1.58. The number of nitrogens with zero attached hydrogens (tertiary/aromatic N) is 2. The summed E-state index contributed by atoms with van der Waals surface area (Å²) in [4.78, 5) is 15.8. The quantitative estimate of drug-likeness (QED) is 0.842. The molecule has 1 amide bonds. The molecule has 6 nitrogen and oxygen atoms in total. The van der Waals surface area contributed by atoms with Crippen LogP contribution < -0.4 is 11.1 Å². The second kappa shape index (κ2) is 6.10. The van der Waals surface area contributed by atoms with Gasteiger partial charge in [-0.2, -0.15) is 4.98 Å². The maximum Gasteiger partial charge on any atom is 0.251 e. The monoisotopic (exact) mass is 260 g/mol. The van der Waals surface area contributed by atoms with Crippen molar-refractivity contribution in [1.82, 2.24) is 15.5 Å². The fraction of sp³-hybridized carbons (Fsp3) is 0.308. The third-order valence-electron chi connectivity index (χ3n) is 2.65. The zero-order chi connectivity index (χ0) is 13.7. The van der Waals surface area contributed by atoms with E-state index in [9.17, 15) is 4.79 Å². The van der Waals surface area contributed by atoms with Gasteiger partial charge in [0, 0.05) is 23.7 Å². The van der Waals surface area contributed by atoms with Crippen molar-refractivity contribution in [3.63, 3.8) is 0 Å². The third kappa shape index (κ3) is 3.62. The van der Waals surface area contributed by atoms with Gasteiger partial charge in [-0.25, -0.2) is 0 Å². The van der Waals surface area contributed by atoms with Gasteiger partial charge in [0.1, 0.15) is 0 Å². The van der Waals surface area contributed by atoms with Crippen LogP contribution in [-0.2, 0) is 0 Å². The highest BCUT2D eigenvalue weighted by atomic mass is 16.5. The summed E-state index contributed by atoms with van der Waals surface area (Å²) in [6.07, 6.45) is 2.02. The zero-order valence-electron chi connectivity index (χ0n) is 10.7. The molecule has 0 fully saturated rings. The van der Waals surface area contributed by atoms with Gasteiger partial charge in [0.15, 0.2) is 0 Å². The molecule has 1 unspecified atom stereocenters. The van der Waals surface area contributed by atoms with Crippen molar-refractivity contribution in [3.05, 3.63) is 36.2 Å². The van der Waals surface area contributed by atoms with Crippen LogP contribution in [-0.4, -0.2) is 28.6 Å². The standard InChI is InChI=1S/C13H16N4O2/c1-9(14)6-7-15-13(18)11-4-2-10(3-5-11)12-16-8-19-17-12/h2-5,8-9H,6-7,14H2,1H3,(H,15,18). The summed E-state index contributed by atoms with van der Waals surface area (Å²) in [5.74, 6) is 0.393. The summed E-state index contributed by atoms with van der Waals surface area (Å²) in [6, 6.07) is 7.11. The van der Waals surface area contributed by atoms with Gasteiger partial charge in [0.05, 0.1) is 0 Å². The number of amides is 1. The molecule has 1 atom stereocenters. The van der Waals surface area contributed by atoms with Crippen molar-refractivity contribution in [2.75, 3.05) is 6.54 Å². The molecule has 19 heavy (non-hydrogen) atoms. The molecule has 2 aromatic rings. The number of benzene rings is 1. The maximum atomic E-state index is 11.8. The Labute approximate surface area is 111 Å². The van der Waals surface area contributed by atoms with E-state index in [0.29, 0.717) is 17.9 Å². The highest BCUT2D eigenvalue weighted by Gasteiger charge is 2.07. The minimum Gasteiger partial charge on any atom is -0.352 e. The molecule has 100 valence electrons. The Morgan fingerprint density at radius 2 is 2.16 bits per heavy atom. The summed E-state index contributed by atoms with van der Waals surface area (Å²) in [6.45, 7) is 2.48. The molecule has 6 heteroatoms. The predicted octanol–water partition coefficient (Wildman–Crippen LogP) is 1.20. The first-order chi connectivity index (χ1) is 9.16. The number of hydrogen-bond donors (Lipinski definition) is 2. The molecule has 1 aromatic heterocycles. The topological polar surface area (TPSA) is 94.0 Å². The van der Waals surface area contributed by atoms with E-state index >= 15 is 0 Å². The van der Waals surface area contributed by atoms with Crippen LogP contribution in [0, 0.1) is 0 Å². The van der Waals surface area contributed by atoms with E-state index < -0.39 is 0 Å². The van der Waals surface area contributed by atoms with Crippen molar-refractivity contribution in [2.24, 2.45) is 5.73 Å². The van der Waals surface area contributed by atoms with Crippen LogP contribution >= 0.6 is 0 Å². The van der Waals surface area contributed by atoms with E-state index in [4.69, 9.17) is 5.73 Å². The molecular formula is C13H16N4O2. The smallest absolute Gasteiger partial charge is 0.251 e. The van der Waals surface area contributed by atoms with Gasteiger partial charge < -0.3 is 15.6 Å². The Kier molecular flexibility index (Phi) is 4.25. The molecule has 1 heterocycles. The van der Waals surface area contributed by atoms with Gasteiger partial charge in [0.2, 0.25) is 12.2 Å². The van der Waals surface area contributed by atoms with E-state index in [1.54, 1.807) is 24.3 Å². The maximum absolute atomic E-state index is 11.8. The minimum atomic E-state index is -0.111. The zero-order valence-corrected chi connectivity index (χ0v) is 10.7. The molecule has 3 N–H and O–H groups in total. The lowest BCUT2D eigenvalue weighted by atomic mass is 10.1. The van der Waals surface area contributed by atoms with Crippen molar-refractivity contribution < 1.29 is 9.32 Å². The molecule has 2 rings (SSSR count). The lowest BCUT2D eigenvalue weighted by molar-refractivity contribution is 0.0953. The van der Waals surface area contributed by atoms with Crippen molar-refractivity contribution in [2.45, 2.75) is 19.4 Å². The molecule has 0 saturated carbocycles. The van der Waals surface area contributed by atoms with E-state index in [-0.39, 0.29) is 11.9 Å². The van der Waals surface area contributed by atoms with E-state index in [1.165, 1.54) is 6.39 Å². The number of aromatic nitrogens is 2. The van der Waals surface area contributed by atoms with E-state index in [2.05, 4.69) is 20.0 Å². The molecule has 0 spiro atoms. The van der Waals surface area contributed by atoms with Crippen molar-refractivity contribution in [3.8, 4) is 11.4 Å². The number of carbonyl (C=O) groups excluding carboxylic acids is 1. The lowest BCUT2D eigenvalue weighted by Crippen LogP contribution is -2.28. The molecule has 0 bridgehead atoms. The number of carbonyl (C=O) groups is 1. The Morgan fingerprint density at radius 3 is 2.74 bits per heavy atom. The number of nitrogens with two attached hydrogens (primary N) is 1. The fourth-order valence-corrected chi connectivity index (χ4v) is 1.58. The first-order valence-electron chi connectivity index (χ1n) is 6.07. The van der Waals surface area contributed by atoms with E-state index in [1.807, 2.05) is 6.92 Å². The highest BCUT2D eigenvalue weighted by molar-refractivity contribution is 5.94. The van der Waals surface area contributed by atoms with Crippen molar-refractivity contribution in [1.29, 1.82) is 0 Å². The molecule has 0 radical (unpaired) electrons. The van der Waals surface area contributed by atoms with Gasteiger partial charge in [-0.15, -0.1) is 0 Å². The van der Waals surface area contributed by atoms with E-state index in [0.717, 1.165) is 12.0 Å². The molecule has 1 aromatic carbocycles. The minimum absolute atomic E-state index is 0.0842. The number of hydrogen-bond acceptors (Lipinski definition) is 5. The summed E-state index contributed by atoms with van der Waals surface area (Å²) in [5, 5.41) is 6.55. The Balaban J connectivity index is 1.96. The van der Waals surface area contributed by atoms with Crippen LogP contribution in [0.25, 0.3) is 11.4 Å². The Morgan fingerprint density at radius 1 is 1.42 bits per heavy atom. The van der Waals surface area contributed by atoms with Crippen LogP contribution in [0.15, 0.2) is 35.2 Å². The largest absolute Gasteiger partial charge is 0.352 e. The van der Waals surface area contributed by atoms with Gasteiger partial charge in [0.25, 0.3) is 5.91 Å². The van der Waals surface area contributed by atoms with Crippen LogP contribution in [0.2, 0.25) is 0 Å². The molecular weight excluding hydrogens is 244 g/mol. The van der Waals surface area contributed by atoms with Crippen molar-refractivity contribution >= 4 is 5.91 Å². The van der Waals surface area contributed by atoms with Crippen LogP contribution in [0.3, 0.4) is 0 Å². The third-order valence-corrected chi connectivity index (χ3v) is 2.65. The normalized spacial score (nSPS) is 12.1. The second-order valence-electron chi connectivity index (χ2n) is 4.35. The average molecular weight is 260 g/mol. The Bertz CT molecular complexity index is 520. The average Bonchev–Trinajstić information content (AvgIpc) is 2.92. The first kappa shape index (κ1) is 13.2. The van der Waals surface area contributed by atoms with Gasteiger partial charge >= 0.3 is 0 Å². The summed E-state index contributed by atoms with van der Waals surface area (Å²) in [5.41, 5.74) is 7.02. The summed E-state index contributed by atoms with van der Waals surface area (Å²) in [7, 11) is 0. The first-order valence-corrected chi connectivity index (χ1v) is 6.07. The molecule has 0 aliphatic carbocycles. The van der Waals surface area contributed by atoms with Crippen LogP contribution in [0.5, 0.6) is 0 Å². The summed E-state index contributed by atoms with van der Waals surface area (Å²) >= 11 is 0. The Hall–Kier alpha value is -2.21. The van der Waals surface area contributed by atoms with Gasteiger partial charge in [-0.1, -0.05) is 17.3 Å². The van der Waals surface area contributed by atoms with Gasteiger partial charge in [-0.05, 0) is 25.5 Å². The predicted molar refractivity (Wildman–Crippen MR) is 70.3 cm³/mol. The SMILES string of the molecule is CC(N)CCNC(=O)c1ccc(-c2ncon2)cc1. The summed E-state index contributed by atoms with van der Waals surface area (Å²) < 4.78 is 4.67. The van der Waals surface area contributed by atoms with Gasteiger partial charge in [-0.3, -0.25) is 4.79 Å².